The highest BCUT2D eigenvalue weighted by Gasteiger charge is 2.37. The van der Waals surface area contributed by atoms with Crippen LogP contribution in [0.2, 0.25) is 0 Å². The Morgan fingerprint density at radius 3 is 2.66 bits per heavy atom. The zero-order valence-corrected chi connectivity index (χ0v) is 17.2. The maximum atomic E-state index is 13.5. The van der Waals surface area contributed by atoms with Crippen molar-refractivity contribution in [3.05, 3.63) is 59.7 Å². The SMILES string of the molecule is COc1cnc(C)cc1C(=O)N1CCn2nc(-c3ccccc3)nc2[C@@H]1C(C)C. The van der Waals surface area contributed by atoms with E-state index in [0.29, 0.717) is 30.2 Å². The molecule has 150 valence electrons. The standard InChI is InChI=1S/C22H25N5O2/c1-14(2)19-21-24-20(16-8-6-5-7-9-16)25-27(21)11-10-26(19)22(28)17-12-15(3)23-13-18(17)29-4/h5-9,12-14,19H,10-11H2,1-4H3/t19-/m0/s1. The van der Waals surface area contributed by atoms with Crippen molar-refractivity contribution in [2.24, 2.45) is 5.92 Å². The lowest BCUT2D eigenvalue weighted by atomic mass is 9.98. The number of fused-ring (bicyclic) bond motifs is 1. The number of aromatic nitrogens is 4. The van der Waals surface area contributed by atoms with Crippen molar-refractivity contribution in [2.45, 2.75) is 33.4 Å². The van der Waals surface area contributed by atoms with Crippen molar-refractivity contribution >= 4 is 5.91 Å². The average molecular weight is 391 g/mol. The number of pyridine rings is 1. The number of amides is 1. The van der Waals surface area contributed by atoms with Crippen LogP contribution in [0.3, 0.4) is 0 Å². The van der Waals surface area contributed by atoms with E-state index in [1.54, 1.807) is 19.4 Å². The van der Waals surface area contributed by atoms with Crippen molar-refractivity contribution in [1.82, 2.24) is 24.6 Å². The predicted molar refractivity (Wildman–Crippen MR) is 110 cm³/mol. The fourth-order valence-electron chi connectivity index (χ4n) is 3.85. The van der Waals surface area contributed by atoms with Crippen LogP contribution in [0.4, 0.5) is 0 Å². The summed E-state index contributed by atoms with van der Waals surface area (Å²) in [7, 11) is 1.56. The summed E-state index contributed by atoms with van der Waals surface area (Å²) in [5.74, 6) is 2.11. The third kappa shape index (κ3) is 3.48. The molecule has 0 aliphatic carbocycles. The molecule has 1 amide bonds. The van der Waals surface area contributed by atoms with Gasteiger partial charge >= 0.3 is 0 Å². The van der Waals surface area contributed by atoms with Crippen molar-refractivity contribution in [1.29, 1.82) is 0 Å². The van der Waals surface area contributed by atoms with Crippen molar-refractivity contribution in [2.75, 3.05) is 13.7 Å². The van der Waals surface area contributed by atoms with Crippen LogP contribution < -0.4 is 4.74 Å². The van der Waals surface area contributed by atoms with Crippen LogP contribution in [0.1, 0.15) is 41.8 Å². The molecule has 0 fully saturated rings. The van der Waals surface area contributed by atoms with Gasteiger partial charge in [0.2, 0.25) is 0 Å². The highest BCUT2D eigenvalue weighted by molar-refractivity contribution is 5.97. The van der Waals surface area contributed by atoms with Crippen LogP contribution in [0.25, 0.3) is 11.4 Å². The molecule has 1 aliphatic heterocycles. The Morgan fingerprint density at radius 2 is 1.97 bits per heavy atom. The van der Waals surface area contributed by atoms with Crippen LogP contribution in [-0.4, -0.2) is 44.2 Å². The largest absolute Gasteiger partial charge is 0.494 e. The molecule has 0 spiro atoms. The Bertz CT molecular complexity index is 1030. The number of aryl methyl sites for hydroxylation is 1. The van der Waals surface area contributed by atoms with E-state index in [1.165, 1.54) is 0 Å². The smallest absolute Gasteiger partial charge is 0.258 e. The summed E-state index contributed by atoms with van der Waals surface area (Å²) < 4.78 is 7.33. The number of carbonyl (C=O) groups is 1. The number of ether oxygens (including phenoxy) is 1. The summed E-state index contributed by atoms with van der Waals surface area (Å²) in [6, 6.07) is 11.5. The Kier molecular flexibility index (Phi) is 5.05. The molecule has 3 heterocycles. The fraction of sp³-hybridized carbons (Fsp3) is 0.364. The Hall–Kier alpha value is -3.22. The first-order valence-corrected chi connectivity index (χ1v) is 9.81. The first-order chi connectivity index (χ1) is 14.0. The van der Waals surface area contributed by atoms with Gasteiger partial charge < -0.3 is 9.64 Å². The molecule has 4 rings (SSSR count). The van der Waals surface area contributed by atoms with Gasteiger partial charge in [-0.3, -0.25) is 9.78 Å². The monoisotopic (exact) mass is 391 g/mol. The van der Waals surface area contributed by atoms with Gasteiger partial charge in [-0.2, -0.15) is 5.10 Å². The highest BCUT2D eigenvalue weighted by Crippen LogP contribution is 2.34. The molecule has 0 N–H and O–H groups in total. The van der Waals surface area contributed by atoms with E-state index in [4.69, 9.17) is 14.8 Å². The topological polar surface area (TPSA) is 73.1 Å². The van der Waals surface area contributed by atoms with Gasteiger partial charge in [0.1, 0.15) is 5.75 Å². The molecule has 7 heteroatoms. The normalized spacial score (nSPS) is 16.0. The van der Waals surface area contributed by atoms with E-state index in [0.717, 1.165) is 17.1 Å². The fourth-order valence-corrected chi connectivity index (χ4v) is 3.85. The second-order valence-corrected chi connectivity index (χ2v) is 7.60. The number of hydrogen-bond acceptors (Lipinski definition) is 5. The lowest BCUT2D eigenvalue weighted by Gasteiger charge is -2.37. The molecule has 0 radical (unpaired) electrons. The van der Waals surface area contributed by atoms with Gasteiger partial charge in [-0.1, -0.05) is 44.2 Å². The maximum absolute atomic E-state index is 13.5. The zero-order valence-electron chi connectivity index (χ0n) is 17.2. The van der Waals surface area contributed by atoms with Gasteiger partial charge in [-0.25, -0.2) is 9.67 Å². The Morgan fingerprint density at radius 1 is 1.21 bits per heavy atom. The minimum atomic E-state index is -0.167. The maximum Gasteiger partial charge on any atom is 0.258 e. The molecule has 0 unspecified atom stereocenters. The van der Waals surface area contributed by atoms with E-state index < -0.39 is 0 Å². The molecule has 1 atom stereocenters. The molecular weight excluding hydrogens is 366 g/mol. The lowest BCUT2D eigenvalue weighted by Crippen LogP contribution is -2.44. The van der Waals surface area contributed by atoms with Crippen LogP contribution in [-0.2, 0) is 6.54 Å². The summed E-state index contributed by atoms with van der Waals surface area (Å²) >= 11 is 0. The Labute approximate surface area is 170 Å². The quantitative estimate of drug-likeness (QED) is 0.680. The molecule has 7 nitrogen and oxygen atoms in total. The number of hydrogen-bond donors (Lipinski definition) is 0. The van der Waals surface area contributed by atoms with Crippen LogP contribution >= 0.6 is 0 Å². The number of benzene rings is 1. The van der Waals surface area contributed by atoms with Gasteiger partial charge in [-0.15, -0.1) is 0 Å². The molecule has 29 heavy (non-hydrogen) atoms. The molecular formula is C22H25N5O2. The van der Waals surface area contributed by atoms with Gasteiger partial charge in [0.25, 0.3) is 5.91 Å². The van der Waals surface area contributed by atoms with E-state index in [9.17, 15) is 4.79 Å². The summed E-state index contributed by atoms with van der Waals surface area (Å²) in [4.78, 5) is 24.5. The molecule has 3 aromatic rings. The molecule has 2 aromatic heterocycles. The van der Waals surface area contributed by atoms with Crippen LogP contribution in [0.15, 0.2) is 42.6 Å². The molecule has 0 saturated heterocycles. The molecule has 0 saturated carbocycles. The third-order valence-electron chi connectivity index (χ3n) is 5.23. The van der Waals surface area contributed by atoms with E-state index >= 15 is 0 Å². The lowest BCUT2D eigenvalue weighted by molar-refractivity contribution is 0.0533. The van der Waals surface area contributed by atoms with Gasteiger partial charge in [0.15, 0.2) is 11.6 Å². The average Bonchev–Trinajstić information content (AvgIpc) is 3.17. The van der Waals surface area contributed by atoms with Crippen molar-refractivity contribution in [3.8, 4) is 17.1 Å². The third-order valence-corrected chi connectivity index (χ3v) is 5.23. The van der Waals surface area contributed by atoms with Crippen LogP contribution in [0.5, 0.6) is 5.75 Å². The summed E-state index contributed by atoms with van der Waals surface area (Å²) in [6.45, 7) is 7.25. The van der Waals surface area contributed by atoms with E-state index in [-0.39, 0.29) is 17.9 Å². The first kappa shape index (κ1) is 19.1. The second-order valence-electron chi connectivity index (χ2n) is 7.60. The highest BCUT2D eigenvalue weighted by atomic mass is 16.5. The second kappa shape index (κ2) is 7.66. The number of carbonyl (C=O) groups excluding carboxylic acids is 1. The van der Waals surface area contributed by atoms with Crippen molar-refractivity contribution < 1.29 is 9.53 Å². The minimum Gasteiger partial charge on any atom is -0.494 e. The summed E-state index contributed by atoms with van der Waals surface area (Å²) in [6.07, 6.45) is 1.60. The Balaban J connectivity index is 1.73. The molecule has 1 aromatic carbocycles. The van der Waals surface area contributed by atoms with Crippen molar-refractivity contribution in [3.63, 3.8) is 0 Å². The molecule has 1 aliphatic rings. The van der Waals surface area contributed by atoms with Gasteiger partial charge in [0.05, 0.1) is 31.5 Å². The minimum absolute atomic E-state index is 0.0680. The molecule has 0 bridgehead atoms. The van der Waals surface area contributed by atoms with E-state index in [1.807, 2.05) is 46.8 Å². The number of nitrogens with zero attached hydrogens (tertiary/aromatic N) is 5. The first-order valence-electron chi connectivity index (χ1n) is 9.81. The van der Waals surface area contributed by atoms with Crippen LogP contribution in [0, 0.1) is 12.8 Å². The van der Waals surface area contributed by atoms with Gasteiger partial charge in [0, 0.05) is 17.8 Å². The predicted octanol–water partition coefficient (Wildman–Crippen LogP) is 3.51. The summed E-state index contributed by atoms with van der Waals surface area (Å²) in [5.41, 5.74) is 2.28. The number of rotatable bonds is 4. The number of methoxy groups -OCH3 is 1. The van der Waals surface area contributed by atoms with Gasteiger partial charge in [-0.05, 0) is 18.9 Å². The summed E-state index contributed by atoms with van der Waals surface area (Å²) in [5, 5.41) is 4.70. The zero-order chi connectivity index (χ0) is 20.5. The van der Waals surface area contributed by atoms with E-state index in [2.05, 4.69) is 18.8 Å².